The lowest BCUT2D eigenvalue weighted by Gasteiger charge is -2.18. The third-order valence-corrected chi connectivity index (χ3v) is 7.06. The number of carbonyl (C=O) groups excluding carboxylic acids is 1. The van der Waals surface area contributed by atoms with Crippen LogP contribution in [0, 0.1) is 17.5 Å². The number of sulfonamides is 1. The number of aromatic nitrogens is 1. The Kier molecular flexibility index (Phi) is 8.08. The second kappa shape index (κ2) is 10.7. The molecule has 0 saturated carbocycles. The third kappa shape index (κ3) is 5.87. The van der Waals surface area contributed by atoms with E-state index in [4.69, 9.17) is 4.74 Å². The van der Waals surface area contributed by atoms with E-state index in [0.29, 0.717) is 28.3 Å². The predicted octanol–water partition coefficient (Wildman–Crippen LogP) is 5.47. The SMILES string of the molecule is COc1cc(-c2cc(F)cc(C(C)C)c2CC(=O)NS(=O)(=O)c2cc(C(C)C)c(F)cc2F)ccn1. The van der Waals surface area contributed by atoms with E-state index in [9.17, 15) is 26.4 Å². The molecule has 0 unspecified atom stereocenters. The summed E-state index contributed by atoms with van der Waals surface area (Å²) in [6.45, 7) is 6.88. The van der Waals surface area contributed by atoms with Crippen molar-refractivity contribution in [2.75, 3.05) is 7.11 Å². The summed E-state index contributed by atoms with van der Waals surface area (Å²) in [6, 6.07) is 7.08. The minimum absolute atomic E-state index is 0.00114. The molecular formula is C26H27F3N2O4S. The zero-order chi connectivity index (χ0) is 26.8. The first kappa shape index (κ1) is 27.2. The fourth-order valence-corrected chi connectivity index (χ4v) is 4.99. The number of halogens is 3. The lowest BCUT2D eigenvalue weighted by Crippen LogP contribution is -2.33. The van der Waals surface area contributed by atoms with Crippen LogP contribution in [-0.2, 0) is 21.2 Å². The number of amides is 1. The number of pyridine rings is 1. The van der Waals surface area contributed by atoms with Gasteiger partial charge in [0, 0.05) is 18.3 Å². The minimum Gasteiger partial charge on any atom is -0.481 e. The van der Waals surface area contributed by atoms with E-state index in [1.807, 2.05) is 18.6 Å². The Bertz CT molecular complexity index is 1410. The summed E-state index contributed by atoms with van der Waals surface area (Å²) in [5, 5.41) is 0. The van der Waals surface area contributed by atoms with Gasteiger partial charge in [-0.2, -0.15) is 0 Å². The van der Waals surface area contributed by atoms with E-state index in [0.717, 1.165) is 6.07 Å². The Labute approximate surface area is 208 Å². The monoisotopic (exact) mass is 520 g/mol. The van der Waals surface area contributed by atoms with Crippen molar-refractivity contribution in [3.8, 4) is 17.0 Å². The summed E-state index contributed by atoms with van der Waals surface area (Å²) in [4.78, 5) is 16.1. The van der Waals surface area contributed by atoms with Crippen LogP contribution in [0.5, 0.6) is 5.88 Å². The summed E-state index contributed by atoms with van der Waals surface area (Å²) >= 11 is 0. The van der Waals surface area contributed by atoms with E-state index >= 15 is 0 Å². The molecule has 1 amide bonds. The molecular weight excluding hydrogens is 493 g/mol. The zero-order valence-corrected chi connectivity index (χ0v) is 21.3. The van der Waals surface area contributed by atoms with Crippen LogP contribution in [0.3, 0.4) is 0 Å². The Balaban J connectivity index is 2.03. The standard InChI is InChI=1S/C26H27F3N2O4S/c1-14(2)18-9-17(27)10-20(16-6-7-30-26(8-16)35-5)21(18)12-25(32)31-36(33,34)24-11-19(15(3)4)22(28)13-23(24)29/h6-11,13-15H,12H2,1-5H3,(H,31,32). The van der Waals surface area contributed by atoms with Crippen molar-refractivity contribution in [2.45, 2.75) is 50.8 Å². The number of methoxy groups -OCH3 is 1. The number of benzene rings is 2. The fourth-order valence-electron chi connectivity index (χ4n) is 3.91. The highest BCUT2D eigenvalue weighted by atomic mass is 32.2. The molecule has 0 bridgehead atoms. The average molecular weight is 521 g/mol. The summed E-state index contributed by atoms with van der Waals surface area (Å²) in [6.07, 6.45) is 1.03. The maximum atomic E-state index is 14.5. The Morgan fingerprint density at radius 1 is 0.972 bits per heavy atom. The molecule has 1 N–H and O–H groups in total. The number of nitrogens with one attached hydrogen (secondary N) is 1. The van der Waals surface area contributed by atoms with Crippen LogP contribution < -0.4 is 9.46 Å². The van der Waals surface area contributed by atoms with Crippen LogP contribution in [0.2, 0.25) is 0 Å². The first-order chi connectivity index (χ1) is 16.8. The third-order valence-electron chi connectivity index (χ3n) is 5.67. The van der Waals surface area contributed by atoms with Crippen LogP contribution in [0.4, 0.5) is 13.2 Å². The smallest absolute Gasteiger partial charge is 0.266 e. The molecule has 3 aromatic rings. The molecule has 1 heterocycles. The van der Waals surface area contributed by atoms with Crippen LogP contribution >= 0.6 is 0 Å². The quantitative estimate of drug-likeness (QED) is 0.426. The molecule has 6 nitrogen and oxygen atoms in total. The van der Waals surface area contributed by atoms with Crippen molar-refractivity contribution in [3.05, 3.63) is 76.7 Å². The van der Waals surface area contributed by atoms with Crippen molar-refractivity contribution < 1.29 is 31.1 Å². The summed E-state index contributed by atoms with van der Waals surface area (Å²) < 4.78 is 75.8. The van der Waals surface area contributed by atoms with Crippen LogP contribution in [0.1, 0.15) is 56.2 Å². The van der Waals surface area contributed by atoms with Gasteiger partial charge in [0.1, 0.15) is 22.3 Å². The van der Waals surface area contributed by atoms with Gasteiger partial charge in [-0.3, -0.25) is 4.79 Å². The molecule has 1 aromatic heterocycles. The number of carbonyl (C=O) groups is 1. The van der Waals surface area contributed by atoms with Gasteiger partial charge in [-0.05, 0) is 63.9 Å². The second-order valence-corrected chi connectivity index (χ2v) is 10.6. The molecule has 0 saturated heterocycles. The number of rotatable bonds is 8. The molecule has 0 aliphatic rings. The first-order valence-corrected chi connectivity index (χ1v) is 12.7. The molecule has 3 rings (SSSR count). The van der Waals surface area contributed by atoms with Crippen LogP contribution in [0.15, 0.2) is 47.5 Å². The summed E-state index contributed by atoms with van der Waals surface area (Å²) in [5.41, 5.74) is 1.78. The van der Waals surface area contributed by atoms with Gasteiger partial charge in [0.25, 0.3) is 10.0 Å². The van der Waals surface area contributed by atoms with Gasteiger partial charge in [-0.1, -0.05) is 27.7 Å². The lowest BCUT2D eigenvalue weighted by molar-refractivity contribution is -0.118. The van der Waals surface area contributed by atoms with E-state index in [-0.39, 0.29) is 17.4 Å². The number of ether oxygens (including phenoxy) is 1. The number of nitrogens with zero attached hydrogens (tertiary/aromatic N) is 1. The first-order valence-electron chi connectivity index (χ1n) is 11.2. The largest absolute Gasteiger partial charge is 0.481 e. The van der Waals surface area contributed by atoms with Crippen LogP contribution in [-0.4, -0.2) is 26.4 Å². The van der Waals surface area contributed by atoms with Gasteiger partial charge in [0.2, 0.25) is 11.8 Å². The highest BCUT2D eigenvalue weighted by Gasteiger charge is 2.26. The van der Waals surface area contributed by atoms with Crippen molar-refractivity contribution in [3.63, 3.8) is 0 Å². The normalized spacial score (nSPS) is 11.7. The molecule has 36 heavy (non-hydrogen) atoms. The zero-order valence-electron chi connectivity index (χ0n) is 20.5. The van der Waals surface area contributed by atoms with Gasteiger partial charge in [0.05, 0.1) is 13.5 Å². The van der Waals surface area contributed by atoms with Crippen molar-refractivity contribution >= 4 is 15.9 Å². The van der Waals surface area contributed by atoms with Gasteiger partial charge < -0.3 is 4.74 Å². The summed E-state index contributed by atoms with van der Waals surface area (Å²) in [7, 11) is -3.23. The Morgan fingerprint density at radius 3 is 2.25 bits per heavy atom. The number of hydrogen-bond acceptors (Lipinski definition) is 5. The molecule has 0 spiro atoms. The minimum atomic E-state index is -4.66. The molecule has 0 aliphatic heterocycles. The molecule has 0 fully saturated rings. The predicted molar refractivity (Wildman–Crippen MR) is 130 cm³/mol. The average Bonchev–Trinajstić information content (AvgIpc) is 2.78. The Morgan fingerprint density at radius 2 is 1.64 bits per heavy atom. The van der Waals surface area contributed by atoms with E-state index in [2.05, 4.69) is 4.98 Å². The highest BCUT2D eigenvalue weighted by molar-refractivity contribution is 7.90. The second-order valence-electron chi connectivity index (χ2n) is 8.93. The molecule has 10 heteroatoms. The highest BCUT2D eigenvalue weighted by Crippen LogP contribution is 2.33. The van der Waals surface area contributed by atoms with Gasteiger partial charge in [0.15, 0.2) is 0 Å². The van der Waals surface area contributed by atoms with Crippen molar-refractivity contribution in [1.82, 2.24) is 9.71 Å². The Hall–Kier alpha value is -3.40. The maximum absolute atomic E-state index is 14.5. The van der Waals surface area contributed by atoms with Crippen molar-refractivity contribution in [1.29, 1.82) is 0 Å². The molecule has 0 atom stereocenters. The fraction of sp³-hybridized carbons (Fsp3) is 0.308. The molecule has 0 radical (unpaired) electrons. The summed E-state index contributed by atoms with van der Waals surface area (Å²) in [5.74, 6) is -4.02. The van der Waals surface area contributed by atoms with E-state index < -0.39 is 50.6 Å². The maximum Gasteiger partial charge on any atom is 0.266 e. The van der Waals surface area contributed by atoms with Gasteiger partial charge in [-0.15, -0.1) is 0 Å². The van der Waals surface area contributed by atoms with Gasteiger partial charge in [-0.25, -0.2) is 31.3 Å². The van der Waals surface area contributed by atoms with Gasteiger partial charge >= 0.3 is 0 Å². The number of hydrogen-bond donors (Lipinski definition) is 1. The topological polar surface area (TPSA) is 85.4 Å². The molecule has 2 aromatic carbocycles. The van der Waals surface area contributed by atoms with E-state index in [1.54, 1.807) is 26.0 Å². The van der Waals surface area contributed by atoms with Crippen LogP contribution in [0.25, 0.3) is 11.1 Å². The van der Waals surface area contributed by atoms with E-state index in [1.165, 1.54) is 25.4 Å². The molecule has 192 valence electrons. The van der Waals surface area contributed by atoms with Crippen molar-refractivity contribution in [2.24, 2.45) is 0 Å². The molecule has 0 aliphatic carbocycles. The lowest BCUT2D eigenvalue weighted by atomic mass is 9.88.